The van der Waals surface area contributed by atoms with Crippen LogP contribution in [0.5, 0.6) is 0 Å². The first-order chi connectivity index (χ1) is 5.54. The summed E-state index contributed by atoms with van der Waals surface area (Å²) in [6.07, 6.45) is 0. The Bertz CT molecular complexity index is 299. The van der Waals surface area contributed by atoms with Gasteiger partial charge in [0.15, 0.2) is 0 Å². The predicted octanol–water partition coefficient (Wildman–Crippen LogP) is 3.15. The van der Waals surface area contributed by atoms with Gasteiger partial charge in [0.05, 0.1) is 5.02 Å². The van der Waals surface area contributed by atoms with E-state index < -0.39 is 5.82 Å². The van der Waals surface area contributed by atoms with E-state index in [-0.39, 0.29) is 11.1 Å². The molecule has 1 nitrogen and oxygen atoms in total. The van der Waals surface area contributed by atoms with E-state index in [9.17, 15) is 4.39 Å². The fourth-order valence-electron chi connectivity index (χ4n) is 0.960. The van der Waals surface area contributed by atoms with Crippen molar-refractivity contribution >= 4 is 23.2 Å². The quantitative estimate of drug-likeness (QED) is 0.704. The minimum Gasteiger partial charge on any atom is -0.324 e. The first-order valence-corrected chi connectivity index (χ1v) is 4.18. The van der Waals surface area contributed by atoms with Gasteiger partial charge in [0.1, 0.15) is 5.82 Å². The van der Waals surface area contributed by atoms with Gasteiger partial charge in [-0.3, -0.25) is 0 Å². The van der Waals surface area contributed by atoms with Crippen LogP contribution in [0.15, 0.2) is 12.1 Å². The third-order valence-electron chi connectivity index (χ3n) is 1.53. The average Bonchev–Trinajstić information content (AvgIpc) is 1.97. The molecule has 1 unspecified atom stereocenters. The molecular formula is C8H8Cl2FN. The molecule has 0 heterocycles. The third kappa shape index (κ3) is 1.71. The summed E-state index contributed by atoms with van der Waals surface area (Å²) >= 11 is 11.4. The molecule has 2 N–H and O–H groups in total. The second-order valence-corrected chi connectivity index (χ2v) is 3.33. The Morgan fingerprint density at radius 2 is 2.00 bits per heavy atom. The third-order valence-corrected chi connectivity index (χ3v) is 2.25. The van der Waals surface area contributed by atoms with Crippen LogP contribution in [0.3, 0.4) is 0 Å². The van der Waals surface area contributed by atoms with Crippen LogP contribution < -0.4 is 5.73 Å². The molecule has 0 amide bonds. The average molecular weight is 208 g/mol. The predicted molar refractivity (Wildman–Crippen MR) is 49.0 cm³/mol. The van der Waals surface area contributed by atoms with Crippen LogP contribution >= 0.6 is 23.2 Å². The SMILES string of the molecule is CC(N)c1c(Cl)ccc(F)c1Cl. The number of halogens is 3. The number of nitrogens with two attached hydrogens (primary N) is 1. The molecule has 0 saturated carbocycles. The van der Waals surface area contributed by atoms with Gasteiger partial charge in [0, 0.05) is 16.6 Å². The minimum atomic E-state index is -0.492. The highest BCUT2D eigenvalue weighted by molar-refractivity contribution is 6.36. The van der Waals surface area contributed by atoms with Crippen LogP contribution in [-0.4, -0.2) is 0 Å². The van der Waals surface area contributed by atoms with E-state index in [1.165, 1.54) is 12.1 Å². The second kappa shape index (κ2) is 3.60. The summed E-state index contributed by atoms with van der Waals surface area (Å²) in [4.78, 5) is 0. The number of rotatable bonds is 1. The Kier molecular flexibility index (Phi) is 2.94. The highest BCUT2D eigenvalue weighted by Crippen LogP contribution is 2.30. The molecule has 1 aromatic rings. The summed E-state index contributed by atoms with van der Waals surface area (Å²) in [7, 11) is 0. The first-order valence-electron chi connectivity index (χ1n) is 3.43. The van der Waals surface area contributed by atoms with Crippen molar-refractivity contribution in [3.05, 3.63) is 33.6 Å². The van der Waals surface area contributed by atoms with Gasteiger partial charge in [0.25, 0.3) is 0 Å². The molecule has 1 atom stereocenters. The van der Waals surface area contributed by atoms with E-state index in [0.717, 1.165) is 0 Å². The zero-order valence-corrected chi connectivity index (χ0v) is 7.96. The Morgan fingerprint density at radius 3 is 2.42 bits per heavy atom. The Morgan fingerprint density at radius 1 is 1.42 bits per heavy atom. The summed E-state index contributed by atoms with van der Waals surface area (Å²) in [5, 5.41) is 0.411. The standard InChI is InChI=1S/C8H8Cl2FN/c1-4(12)7-5(9)2-3-6(11)8(7)10/h2-4H,12H2,1H3. The van der Waals surface area contributed by atoms with Crippen LogP contribution in [0.25, 0.3) is 0 Å². The van der Waals surface area contributed by atoms with Gasteiger partial charge in [-0.1, -0.05) is 23.2 Å². The van der Waals surface area contributed by atoms with E-state index in [1.807, 2.05) is 0 Å². The van der Waals surface area contributed by atoms with E-state index in [1.54, 1.807) is 6.92 Å². The lowest BCUT2D eigenvalue weighted by Crippen LogP contribution is -2.07. The Hall–Kier alpha value is -0.310. The van der Waals surface area contributed by atoms with Crippen molar-refractivity contribution in [2.75, 3.05) is 0 Å². The van der Waals surface area contributed by atoms with Crippen molar-refractivity contribution in [1.29, 1.82) is 0 Å². The monoisotopic (exact) mass is 207 g/mol. The van der Waals surface area contributed by atoms with Crippen LogP contribution in [0.2, 0.25) is 10.0 Å². The molecule has 4 heteroatoms. The maximum atomic E-state index is 12.9. The van der Waals surface area contributed by atoms with Gasteiger partial charge in [-0.2, -0.15) is 0 Å². The molecule has 0 radical (unpaired) electrons. The normalized spacial score (nSPS) is 13.1. The van der Waals surface area contributed by atoms with Crippen molar-refractivity contribution in [3.8, 4) is 0 Å². The smallest absolute Gasteiger partial charge is 0.142 e. The van der Waals surface area contributed by atoms with Crippen molar-refractivity contribution in [1.82, 2.24) is 0 Å². The number of hydrogen-bond acceptors (Lipinski definition) is 1. The van der Waals surface area contributed by atoms with Crippen molar-refractivity contribution in [2.45, 2.75) is 13.0 Å². The molecule has 0 aliphatic heterocycles. The van der Waals surface area contributed by atoms with Crippen LogP contribution in [0, 0.1) is 5.82 Å². The maximum absolute atomic E-state index is 12.9. The van der Waals surface area contributed by atoms with E-state index in [4.69, 9.17) is 28.9 Å². The molecule has 0 bridgehead atoms. The van der Waals surface area contributed by atoms with Crippen LogP contribution in [-0.2, 0) is 0 Å². The molecule has 12 heavy (non-hydrogen) atoms. The molecule has 66 valence electrons. The highest BCUT2D eigenvalue weighted by Gasteiger charge is 2.13. The first kappa shape index (κ1) is 9.78. The van der Waals surface area contributed by atoms with Gasteiger partial charge in [-0.15, -0.1) is 0 Å². The summed E-state index contributed by atoms with van der Waals surface area (Å²) in [5.74, 6) is -0.492. The van der Waals surface area contributed by atoms with E-state index >= 15 is 0 Å². The molecule has 0 aliphatic carbocycles. The molecule has 0 aromatic heterocycles. The molecule has 0 spiro atoms. The van der Waals surface area contributed by atoms with E-state index in [2.05, 4.69) is 0 Å². The summed E-state index contributed by atoms with van der Waals surface area (Å²) in [6.45, 7) is 1.70. The highest BCUT2D eigenvalue weighted by atomic mass is 35.5. The fraction of sp³-hybridized carbons (Fsp3) is 0.250. The topological polar surface area (TPSA) is 26.0 Å². The lowest BCUT2D eigenvalue weighted by molar-refractivity contribution is 0.623. The van der Waals surface area contributed by atoms with Crippen molar-refractivity contribution in [3.63, 3.8) is 0 Å². The zero-order valence-electron chi connectivity index (χ0n) is 6.44. The van der Waals surface area contributed by atoms with Gasteiger partial charge < -0.3 is 5.73 Å². The molecular weight excluding hydrogens is 200 g/mol. The molecule has 1 aromatic carbocycles. The van der Waals surface area contributed by atoms with Crippen LogP contribution in [0.1, 0.15) is 18.5 Å². The van der Waals surface area contributed by atoms with Crippen molar-refractivity contribution < 1.29 is 4.39 Å². The maximum Gasteiger partial charge on any atom is 0.142 e. The molecule has 0 saturated heterocycles. The molecule has 0 fully saturated rings. The zero-order chi connectivity index (χ0) is 9.30. The fourth-order valence-corrected chi connectivity index (χ4v) is 1.67. The Labute approximate surface area is 80.3 Å². The van der Waals surface area contributed by atoms with Gasteiger partial charge in [-0.05, 0) is 19.1 Å². The van der Waals surface area contributed by atoms with Crippen LogP contribution in [0.4, 0.5) is 4.39 Å². The summed E-state index contributed by atoms with van der Waals surface area (Å²) in [5.41, 5.74) is 6.01. The molecule has 1 rings (SSSR count). The number of benzene rings is 1. The lowest BCUT2D eigenvalue weighted by atomic mass is 10.1. The minimum absolute atomic E-state index is 0.0116. The Balaban J connectivity index is 3.33. The van der Waals surface area contributed by atoms with Gasteiger partial charge in [-0.25, -0.2) is 4.39 Å². The van der Waals surface area contributed by atoms with Crippen molar-refractivity contribution in [2.24, 2.45) is 5.73 Å². The number of hydrogen-bond donors (Lipinski definition) is 1. The largest absolute Gasteiger partial charge is 0.324 e. The summed E-state index contributed by atoms with van der Waals surface area (Å²) in [6, 6.07) is 2.30. The van der Waals surface area contributed by atoms with Gasteiger partial charge >= 0.3 is 0 Å². The lowest BCUT2D eigenvalue weighted by Gasteiger charge is -2.10. The molecule has 0 aliphatic rings. The second-order valence-electron chi connectivity index (χ2n) is 2.55. The van der Waals surface area contributed by atoms with Gasteiger partial charge in [0.2, 0.25) is 0 Å². The van der Waals surface area contributed by atoms with E-state index in [0.29, 0.717) is 10.6 Å². The summed E-state index contributed by atoms with van der Waals surface area (Å²) < 4.78 is 12.9.